The first kappa shape index (κ1) is 15.0. The van der Waals surface area contributed by atoms with Gasteiger partial charge in [0.1, 0.15) is 0 Å². The summed E-state index contributed by atoms with van der Waals surface area (Å²) in [5, 5.41) is 5.08. The van der Waals surface area contributed by atoms with E-state index < -0.39 is 10.0 Å². The van der Waals surface area contributed by atoms with E-state index in [0.29, 0.717) is 18.7 Å². The summed E-state index contributed by atoms with van der Waals surface area (Å²) in [7, 11) is -2.20. The quantitative estimate of drug-likeness (QED) is 0.880. The molecular formula is C13H18N2O4S. The van der Waals surface area contributed by atoms with Crippen LogP contribution in [0.25, 0.3) is 0 Å². The van der Waals surface area contributed by atoms with E-state index >= 15 is 0 Å². The van der Waals surface area contributed by atoms with E-state index in [-0.39, 0.29) is 16.8 Å². The molecule has 0 unspecified atom stereocenters. The third kappa shape index (κ3) is 3.17. The van der Waals surface area contributed by atoms with Crippen LogP contribution >= 0.6 is 0 Å². The van der Waals surface area contributed by atoms with Crippen molar-refractivity contribution in [2.45, 2.75) is 23.8 Å². The second kappa shape index (κ2) is 5.90. The maximum atomic E-state index is 12.4. The van der Waals surface area contributed by atoms with Gasteiger partial charge in [-0.25, -0.2) is 13.6 Å². The topological polar surface area (TPSA) is 89.7 Å². The summed E-state index contributed by atoms with van der Waals surface area (Å²) in [5.41, 5.74) is 0.333. The fourth-order valence-corrected chi connectivity index (χ4v) is 3.00. The predicted octanol–water partition coefficient (Wildman–Crippen LogP) is 0.585. The Morgan fingerprint density at radius 3 is 2.90 bits per heavy atom. The molecule has 0 spiro atoms. The number of carbonyl (C=O) groups is 1. The van der Waals surface area contributed by atoms with E-state index in [2.05, 4.69) is 0 Å². The normalized spacial score (nSPS) is 19.3. The second-order valence-corrected chi connectivity index (χ2v) is 6.38. The van der Waals surface area contributed by atoms with Crippen LogP contribution in [0.15, 0.2) is 29.2 Å². The van der Waals surface area contributed by atoms with Gasteiger partial charge in [-0.1, -0.05) is 6.07 Å². The largest absolute Gasteiger partial charge is 0.383 e. The van der Waals surface area contributed by atoms with Crippen molar-refractivity contribution in [1.29, 1.82) is 0 Å². The first-order valence-corrected chi connectivity index (χ1v) is 7.91. The summed E-state index contributed by atoms with van der Waals surface area (Å²) >= 11 is 0. The van der Waals surface area contributed by atoms with Crippen LogP contribution in [0.1, 0.15) is 23.2 Å². The molecule has 0 radical (unpaired) electrons. The van der Waals surface area contributed by atoms with Crippen molar-refractivity contribution in [2.24, 2.45) is 5.14 Å². The Morgan fingerprint density at radius 1 is 1.50 bits per heavy atom. The van der Waals surface area contributed by atoms with Crippen molar-refractivity contribution in [3.63, 3.8) is 0 Å². The van der Waals surface area contributed by atoms with Gasteiger partial charge in [0.25, 0.3) is 5.91 Å². The van der Waals surface area contributed by atoms with Gasteiger partial charge in [-0.15, -0.1) is 0 Å². The van der Waals surface area contributed by atoms with Gasteiger partial charge >= 0.3 is 0 Å². The van der Waals surface area contributed by atoms with Crippen LogP contribution in [-0.2, 0) is 14.8 Å². The minimum atomic E-state index is -3.80. The Balaban J connectivity index is 2.25. The fourth-order valence-electron chi connectivity index (χ4n) is 2.44. The number of primary sulfonamides is 1. The van der Waals surface area contributed by atoms with Crippen LogP contribution in [0.3, 0.4) is 0 Å². The van der Waals surface area contributed by atoms with Gasteiger partial charge in [0.15, 0.2) is 0 Å². The minimum Gasteiger partial charge on any atom is -0.383 e. The molecule has 2 rings (SSSR count). The lowest BCUT2D eigenvalue weighted by atomic mass is 10.2. The standard InChI is InChI=1S/C13H18N2O4S/c1-19-9-11-5-3-7-15(11)13(16)10-4-2-6-12(8-10)20(14,17)18/h2,4,6,8,11H,3,5,7,9H2,1H3,(H2,14,17,18)/t11-/m0/s1. The van der Waals surface area contributed by atoms with E-state index in [1.807, 2.05) is 0 Å². The Morgan fingerprint density at radius 2 is 2.25 bits per heavy atom. The van der Waals surface area contributed by atoms with Crippen LogP contribution in [-0.4, -0.2) is 45.5 Å². The summed E-state index contributed by atoms with van der Waals surface area (Å²) in [6, 6.07) is 5.86. The molecule has 7 heteroatoms. The van der Waals surface area contributed by atoms with Crippen LogP contribution < -0.4 is 5.14 Å². The zero-order valence-electron chi connectivity index (χ0n) is 11.3. The number of amides is 1. The summed E-state index contributed by atoms with van der Waals surface area (Å²) in [4.78, 5) is 14.1. The van der Waals surface area contributed by atoms with E-state index in [0.717, 1.165) is 12.8 Å². The van der Waals surface area contributed by atoms with Crippen molar-refractivity contribution < 1.29 is 17.9 Å². The average molecular weight is 298 g/mol. The van der Waals surface area contributed by atoms with Gasteiger partial charge in [0.2, 0.25) is 10.0 Å². The van der Waals surface area contributed by atoms with Crippen molar-refractivity contribution in [1.82, 2.24) is 4.90 Å². The van der Waals surface area contributed by atoms with Crippen LogP contribution in [0.5, 0.6) is 0 Å². The molecule has 0 bridgehead atoms. The van der Waals surface area contributed by atoms with Crippen molar-refractivity contribution in [3.05, 3.63) is 29.8 Å². The molecule has 0 aliphatic carbocycles. The van der Waals surface area contributed by atoms with E-state index in [1.54, 1.807) is 18.1 Å². The Bertz CT molecular complexity index is 600. The number of hydrogen-bond donors (Lipinski definition) is 1. The monoisotopic (exact) mass is 298 g/mol. The molecule has 1 amide bonds. The van der Waals surface area contributed by atoms with Gasteiger partial charge in [-0.2, -0.15) is 0 Å². The third-order valence-corrected chi connectivity index (χ3v) is 4.32. The lowest BCUT2D eigenvalue weighted by molar-refractivity contribution is 0.0630. The lowest BCUT2D eigenvalue weighted by Gasteiger charge is -2.24. The first-order valence-electron chi connectivity index (χ1n) is 6.36. The Labute approximate surface area is 118 Å². The predicted molar refractivity (Wildman–Crippen MR) is 73.7 cm³/mol. The molecular weight excluding hydrogens is 280 g/mol. The number of ether oxygens (including phenoxy) is 1. The number of nitrogens with two attached hydrogens (primary N) is 1. The van der Waals surface area contributed by atoms with Gasteiger partial charge in [0, 0.05) is 19.2 Å². The molecule has 1 heterocycles. The molecule has 1 aromatic carbocycles. The van der Waals surface area contributed by atoms with Crippen molar-refractivity contribution in [2.75, 3.05) is 20.3 Å². The molecule has 1 atom stereocenters. The maximum absolute atomic E-state index is 12.4. The summed E-state index contributed by atoms with van der Waals surface area (Å²) in [6.45, 7) is 1.15. The number of methoxy groups -OCH3 is 1. The van der Waals surface area contributed by atoms with Gasteiger partial charge in [-0.3, -0.25) is 4.79 Å². The van der Waals surface area contributed by atoms with Crippen LogP contribution in [0.2, 0.25) is 0 Å². The molecule has 0 aromatic heterocycles. The van der Waals surface area contributed by atoms with Gasteiger partial charge in [0.05, 0.1) is 17.5 Å². The molecule has 1 saturated heterocycles. The number of hydrogen-bond acceptors (Lipinski definition) is 4. The van der Waals surface area contributed by atoms with Crippen molar-refractivity contribution in [3.8, 4) is 0 Å². The first-order chi connectivity index (χ1) is 9.43. The van der Waals surface area contributed by atoms with Crippen LogP contribution in [0.4, 0.5) is 0 Å². The molecule has 1 aromatic rings. The van der Waals surface area contributed by atoms with E-state index in [9.17, 15) is 13.2 Å². The molecule has 1 fully saturated rings. The number of likely N-dealkylation sites (tertiary alicyclic amines) is 1. The number of carbonyl (C=O) groups excluding carboxylic acids is 1. The SMILES string of the molecule is COC[C@@H]1CCCN1C(=O)c1cccc(S(N)(=O)=O)c1. The fraction of sp³-hybridized carbons (Fsp3) is 0.462. The summed E-state index contributed by atoms with van der Waals surface area (Å²) in [5.74, 6) is -0.185. The van der Waals surface area contributed by atoms with E-state index in [4.69, 9.17) is 9.88 Å². The zero-order valence-corrected chi connectivity index (χ0v) is 12.1. The number of benzene rings is 1. The molecule has 20 heavy (non-hydrogen) atoms. The Hall–Kier alpha value is -1.44. The highest BCUT2D eigenvalue weighted by molar-refractivity contribution is 7.89. The van der Waals surface area contributed by atoms with Gasteiger partial charge < -0.3 is 9.64 Å². The number of sulfonamides is 1. The summed E-state index contributed by atoms with van der Waals surface area (Å²) in [6.07, 6.45) is 1.82. The average Bonchev–Trinajstić information content (AvgIpc) is 2.86. The maximum Gasteiger partial charge on any atom is 0.254 e. The molecule has 1 aliphatic heterocycles. The van der Waals surface area contributed by atoms with Crippen molar-refractivity contribution >= 4 is 15.9 Å². The third-order valence-electron chi connectivity index (χ3n) is 3.41. The lowest BCUT2D eigenvalue weighted by Crippen LogP contribution is -2.38. The molecule has 6 nitrogen and oxygen atoms in total. The molecule has 2 N–H and O–H groups in total. The number of nitrogens with zero attached hydrogens (tertiary/aromatic N) is 1. The van der Waals surface area contributed by atoms with Crippen LogP contribution in [0, 0.1) is 0 Å². The smallest absolute Gasteiger partial charge is 0.254 e. The second-order valence-electron chi connectivity index (χ2n) is 4.82. The van der Waals surface area contributed by atoms with E-state index in [1.165, 1.54) is 18.2 Å². The molecule has 0 saturated carbocycles. The minimum absolute atomic E-state index is 0.0469. The summed E-state index contributed by atoms with van der Waals surface area (Å²) < 4.78 is 27.8. The Kier molecular flexibility index (Phi) is 4.42. The molecule has 110 valence electrons. The number of rotatable bonds is 4. The zero-order chi connectivity index (χ0) is 14.8. The molecule has 1 aliphatic rings. The van der Waals surface area contributed by atoms with Gasteiger partial charge in [-0.05, 0) is 31.0 Å². The highest BCUT2D eigenvalue weighted by atomic mass is 32.2. The highest BCUT2D eigenvalue weighted by Gasteiger charge is 2.29. The highest BCUT2D eigenvalue weighted by Crippen LogP contribution is 2.21.